The Morgan fingerprint density at radius 3 is 2.88 bits per heavy atom. The second kappa shape index (κ2) is 10.8. The molecule has 0 radical (unpaired) electrons. The van der Waals surface area contributed by atoms with Crippen LogP contribution in [0.25, 0.3) is 0 Å². The van der Waals surface area contributed by atoms with Crippen LogP contribution in [0.4, 0.5) is 11.5 Å². The third kappa shape index (κ3) is 4.75. The number of benzene rings is 1. The standard InChI is InChI=1S/C31H33N7O3/c1-3-24-26(11-7-15-33-24)41-30-34-25-18-31(13-6-9-21-8-4-5-10-23(21)31)29(40)35-27(25)28(36-30)37-16-17-38(20(2)39)22(19-37)12-14-32/h4-5,7-8,10-11,15,22H,3,6,9,12-13,16-19H2,1-2H3,(H,35,40). The third-order valence-corrected chi connectivity index (χ3v) is 8.57. The number of carbonyl (C=O) groups is 2. The van der Waals surface area contributed by atoms with E-state index in [4.69, 9.17) is 14.7 Å². The molecule has 1 saturated heterocycles. The smallest absolute Gasteiger partial charge is 0.324 e. The summed E-state index contributed by atoms with van der Waals surface area (Å²) in [6.45, 7) is 4.90. The van der Waals surface area contributed by atoms with Crippen molar-refractivity contribution in [1.29, 1.82) is 5.26 Å². The molecular formula is C31H33N7O3. The zero-order valence-corrected chi connectivity index (χ0v) is 23.4. The minimum absolute atomic E-state index is 0.0489. The quantitative estimate of drug-likeness (QED) is 0.506. The van der Waals surface area contributed by atoms with E-state index in [2.05, 4.69) is 28.5 Å². The maximum absolute atomic E-state index is 14.0. The summed E-state index contributed by atoms with van der Waals surface area (Å²) in [6, 6.07) is 14.0. The van der Waals surface area contributed by atoms with Gasteiger partial charge in [-0.05, 0) is 48.9 Å². The van der Waals surface area contributed by atoms with E-state index in [1.807, 2.05) is 36.1 Å². The summed E-state index contributed by atoms with van der Waals surface area (Å²) in [4.78, 5) is 44.2. The largest absolute Gasteiger partial charge is 0.422 e. The number of rotatable bonds is 5. The fourth-order valence-electron chi connectivity index (χ4n) is 6.56. The predicted octanol–water partition coefficient (Wildman–Crippen LogP) is 3.95. The third-order valence-electron chi connectivity index (χ3n) is 8.57. The van der Waals surface area contributed by atoms with Crippen LogP contribution in [0.5, 0.6) is 11.8 Å². The Kier molecular flexibility index (Phi) is 7.03. The lowest BCUT2D eigenvalue weighted by atomic mass is 9.65. The number of ether oxygens (including phenoxy) is 1. The summed E-state index contributed by atoms with van der Waals surface area (Å²) < 4.78 is 6.26. The normalized spacial score (nSPS) is 21.5. The molecule has 2 unspecified atom stereocenters. The minimum Gasteiger partial charge on any atom is -0.422 e. The fourth-order valence-corrected chi connectivity index (χ4v) is 6.56. The highest BCUT2D eigenvalue weighted by molar-refractivity contribution is 6.04. The van der Waals surface area contributed by atoms with Gasteiger partial charge in [0.2, 0.25) is 11.8 Å². The van der Waals surface area contributed by atoms with Gasteiger partial charge in [-0.2, -0.15) is 15.2 Å². The minimum atomic E-state index is -0.718. The maximum Gasteiger partial charge on any atom is 0.324 e. The van der Waals surface area contributed by atoms with E-state index < -0.39 is 5.41 Å². The number of nitrogens with zero attached hydrogens (tertiary/aromatic N) is 6. The van der Waals surface area contributed by atoms with E-state index in [1.54, 1.807) is 11.1 Å². The number of nitrogens with one attached hydrogen (secondary N) is 1. The highest BCUT2D eigenvalue weighted by atomic mass is 16.5. The molecule has 210 valence electrons. The summed E-state index contributed by atoms with van der Waals surface area (Å²) in [7, 11) is 0. The molecule has 1 N–H and O–H groups in total. The Balaban J connectivity index is 1.44. The molecule has 2 aromatic heterocycles. The van der Waals surface area contributed by atoms with Gasteiger partial charge in [-0.3, -0.25) is 14.6 Å². The SMILES string of the molecule is CCc1ncccc1Oc1nc2c(c(N3CCN(C(C)=O)C(CC#N)C3)n1)NC(=O)C1(CCCc3ccccc31)C2. The van der Waals surface area contributed by atoms with Crippen molar-refractivity contribution in [2.75, 3.05) is 29.9 Å². The molecule has 10 nitrogen and oxygen atoms in total. The van der Waals surface area contributed by atoms with Crippen LogP contribution in [0, 0.1) is 11.3 Å². The molecule has 2 amide bonds. The predicted molar refractivity (Wildman–Crippen MR) is 153 cm³/mol. The first-order valence-corrected chi connectivity index (χ1v) is 14.2. The van der Waals surface area contributed by atoms with Crippen LogP contribution in [-0.4, -0.2) is 57.3 Å². The summed E-state index contributed by atoms with van der Waals surface area (Å²) in [5.41, 5.74) is 3.63. The fraction of sp³-hybridized carbons (Fsp3) is 0.419. The van der Waals surface area contributed by atoms with Crippen LogP contribution >= 0.6 is 0 Å². The maximum atomic E-state index is 14.0. The molecule has 2 aliphatic heterocycles. The van der Waals surface area contributed by atoms with Gasteiger partial charge in [-0.1, -0.05) is 31.2 Å². The van der Waals surface area contributed by atoms with Crippen molar-refractivity contribution in [3.8, 4) is 17.8 Å². The van der Waals surface area contributed by atoms with E-state index >= 15 is 0 Å². The van der Waals surface area contributed by atoms with Gasteiger partial charge in [0, 0.05) is 39.2 Å². The molecule has 4 heterocycles. The Labute approximate surface area is 239 Å². The van der Waals surface area contributed by atoms with Gasteiger partial charge in [-0.15, -0.1) is 0 Å². The first-order chi connectivity index (χ1) is 19.9. The first-order valence-electron chi connectivity index (χ1n) is 14.2. The molecule has 6 rings (SSSR count). The molecule has 0 saturated carbocycles. The zero-order chi connectivity index (χ0) is 28.6. The number of aromatic nitrogens is 3. The van der Waals surface area contributed by atoms with Gasteiger partial charge in [0.05, 0.1) is 35.3 Å². The Morgan fingerprint density at radius 2 is 2.07 bits per heavy atom. The van der Waals surface area contributed by atoms with Crippen molar-refractivity contribution in [3.63, 3.8) is 0 Å². The topological polar surface area (TPSA) is 124 Å². The molecule has 1 aliphatic carbocycles. The summed E-state index contributed by atoms with van der Waals surface area (Å²) in [5.74, 6) is 1.02. The number of fused-ring (bicyclic) bond motifs is 3. The highest BCUT2D eigenvalue weighted by Gasteiger charge is 2.48. The van der Waals surface area contributed by atoms with Crippen molar-refractivity contribution in [2.24, 2.45) is 0 Å². The van der Waals surface area contributed by atoms with Gasteiger partial charge < -0.3 is 19.9 Å². The van der Waals surface area contributed by atoms with Crippen LogP contribution in [0.2, 0.25) is 0 Å². The molecule has 3 aliphatic rings. The molecule has 2 atom stereocenters. The van der Waals surface area contributed by atoms with Crippen LogP contribution in [0.15, 0.2) is 42.6 Å². The van der Waals surface area contributed by atoms with Crippen molar-refractivity contribution >= 4 is 23.3 Å². The van der Waals surface area contributed by atoms with Crippen LogP contribution < -0.4 is 15.0 Å². The number of nitriles is 1. The molecule has 3 aromatic rings. The molecule has 1 fully saturated rings. The average Bonchev–Trinajstić information content (AvgIpc) is 2.98. The molecule has 41 heavy (non-hydrogen) atoms. The van der Waals surface area contributed by atoms with Crippen LogP contribution in [0.3, 0.4) is 0 Å². The van der Waals surface area contributed by atoms with Crippen molar-refractivity contribution < 1.29 is 14.3 Å². The molecule has 1 spiro atoms. The number of hydrogen-bond donors (Lipinski definition) is 1. The van der Waals surface area contributed by atoms with Gasteiger partial charge in [-0.25, -0.2) is 0 Å². The van der Waals surface area contributed by atoms with Crippen LogP contribution in [0.1, 0.15) is 55.6 Å². The monoisotopic (exact) mass is 551 g/mol. The number of pyridine rings is 1. The first kappa shape index (κ1) is 26.7. The summed E-state index contributed by atoms with van der Waals surface area (Å²) >= 11 is 0. The second-order valence-electron chi connectivity index (χ2n) is 11.0. The summed E-state index contributed by atoms with van der Waals surface area (Å²) in [6.07, 6.45) is 5.65. The number of hydrogen-bond acceptors (Lipinski definition) is 8. The number of amides is 2. The van der Waals surface area contributed by atoms with Gasteiger partial charge in [0.15, 0.2) is 11.6 Å². The molecule has 10 heteroatoms. The van der Waals surface area contributed by atoms with E-state index in [9.17, 15) is 14.9 Å². The highest BCUT2D eigenvalue weighted by Crippen LogP contribution is 2.46. The molecular weight excluding hydrogens is 518 g/mol. The molecule has 0 bridgehead atoms. The Hall–Kier alpha value is -4.52. The van der Waals surface area contributed by atoms with E-state index in [0.717, 1.165) is 30.5 Å². The lowest BCUT2D eigenvalue weighted by molar-refractivity contribution is -0.131. The number of aryl methyl sites for hydroxylation is 2. The zero-order valence-electron chi connectivity index (χ0n) is 23.4. The number of carbonyl (C=O) groups excluding carboxylic acids is 2. The molecule has 1 aromatic carbocycles. The number of anilines is 2. The van der Waals surface area contributed by atoms with Gasteiger partial charge >= 0.3 is 6.01 Å². The van der Waals surface area contributed by atoms with E-state index in [1.165, 1.54) is 12.5 Å². The average molecular weight is 552 g/mol. The van der Waals surface area contributed by atoms with Crippen molar-refractivity contribution in [1.82, 2.24) is 19.9 Å². The van der Waals surface area contributed by atoms with Crippen molar-refractivity contribution in [3.05, 3.63) is 65.1 Å². The number of piperazine rings is 1. The van der Waals surface area contributed by atoms with Gasteiger partial charge in [0.1, 0.15) is 5.69 Å². The lowest BCUT2D eigenvalue weighted by Gasteiger charge is -2.44. The Bertz CT molecular complexity index is 1550. The van der Waals surface area contributed by atoms with E-state index in [0.29, 0.717) is 55.4 Å². The van der Waals surface area contributed by atoms with Crippen molar-refractivity contribution in [2.45, 2.75) is 63.8 Å². The van der Waals surface area contributed by atoms with E-state index in [-0.39, 0.29) is 30.3 Å². The summed E-state index contributed by atoms with van der Waals surface area (Å²) in [5, 5.41) is 12.7. The van der Waals surface area contributed by atoms with Crippen LogP contribution in [-0.2, 0) is 34.3 Å². The lowest BCUT2D eigenvalue weighted by Crippen LogP contribution is -2.55. The second-order valence-corrected chi connectivity index (χ2v) is 11.0. The Morgan fingerprint density at radius 1 is 1.22 bits per heavy atom. The van der Waals surface area contributed by atoms with Gasteiger partial charge in [0.25, 0.3) is 0 Å².